The highest BCUT2D eigenvalue weighted by molar-refractivity contribution is 5.66. The molecule has 90 valence electrons. The molecule has 0 saturated carbocycles. The summed E-state index contributed by atoms with van der Waals surface area (Å²) in [6.07, 6.45) is 0.893. The van der Waals surface area contributed by atoms with Gasteiger partial charge in [0.05, 0.1) is 11.4 Å². The summed E-state index contributed by atoms with van der Waals surface area (Å²) in [5.74, 6) is -1.34. The molecule has 0 spiro atoms. The van der Waals surface area contributed by atoms with Gasteiger partial charge in [0, 0.05) is 12.6 Å². The van der Waals surface area contributed by atoms with E-state index in [2.05, 4.69) is 26.1 Å². The number of anilines is 2. The van der Waals surface area contributed by atoms with E-state index in [0.29, 0.717) is 12.2 Å². The predicted molar refractivity (Wildman–Crippen MR) is 63.3 cm³/mol. The third-order valence-corrected chi connectivity index (χ3v) is 2.28. The Morgan fingerprint density at radius 1 is 1.25 bits per heavy atom. The van der Waals surface area contributed by atoms with Crippen LogP contribution in [-0.4, -0.2) is 6.54 Å². The second-order valence-corrected chi connectivity index (χ2v) is 5.09. The van der Waals surface area contributed by atoms with Crippen molar-refractivity contribution in [2.45, 2.75) is 27.2 Å². The zero-order valence-electron chi connectivity index (χ0n) is 9.90. The third-order valence-electron chi connectivity index (χ3n) is 2.28. The Balaban J connectivity index is 2.67. The predicted octanol–water partition coefficient (Wildman–Crippen LogP) is 3.40. The Bertz CT molecular complexity index is 370. The fraction of sp³-hybridized carbons (Fsp3) is 0.500. The molecule has 3 N–H and O–H groups in total. The Kier molecular flexibility index (Phi) is 3.73. The summed E-state index contributed by atoms with van der Waals surface area (Å²) in [4.78, 5) is 0. The van der Waals surface area contributed by atoms with Crippen molar-refractivity contribution in [1.82, 2.24) is 0 Å². The van der Waals surface area contributed by atoms with Crippen molar-refractivity contribution >= 4 is 11.4 Å². The van der Waals surface area contributed by atoms with Crippen LogP contribution in [0.2, 0.25) is 0 Å². The van der Waals surface area contributed by atoms with Crippen molar-refractivity contribution in [3.63, 3.8) is 0 Å². The first-order chi connectivity index (χ1) is 7.29. The lowest BCUT2D eigenvalue weighted by Crippen LogP contribution is -2.14. The molecule has 4 heteroatoms. The number of halogens is 2. The number of nitrogen functional groups attached to an aromatic ring is 1. The summed E-state index contributed by atoms with van der Waals surface area (Å²) in [5, 5.41) is 2.95. The largest absolute Gasteiger partial charge is 0.395 e. The zero-order valence-corrected chi connectivity index (χ0v) is 9.90. The molecule has 0 aliphatic heterocycles. The van der Waals surface area contributed by atoms with Crippen LogP contribution in [0.15, 0.2) is 12.1 Å². The molecule has 0 saturated heterocycles. The van der Waals surface area contributed by atoms with E-state index in [-0.39, 0.29) is 11.1 Å². The average molecular weight is 228 g/mol. The molecule has 1 aromatic carbocycles. The van der Waals surface area contributed by atoms with Gasteiger partial charge in [-0.1, -0.05) is 20.8 Å². The Labute approximate surface area is 94.8 Å². The normalized spacial score (nSPS) is 11.6. The molecule has 1 aromatic rings. The third kappa shape index (κ3) is 3.68. The molecule has 0 fully saturated rings. The van der Waals surface area contributed by atoms with Crippen LogP contribution in [0, 0.1) is 17.0 Å². The first-order valence-corrected chi connectivity index (χ1v) is 5.28. The molecule has 0 atom stereocenters. The van der Waals surface area contributed by atoms with Crippen molar-refractivity contribution in [2.75, 3.05) is 17.6 Å². The summed E-state index contributed by atoms with van der Waals surface area (Å²) in [6, 6.07) is 1.99. The van der Waals surface area contributed by atoms with E-state index in [0.717, 1.165) is 12.5 Å². The van der Waals surface area contributed by atoms with Gasteiger partial charge in [-0.3, -0.25) is 0 Å². The van der Waals surface area contributed by atoms with Gasteiger partial charge in [-0.05, 0) is 17.9 Å². The Morgan fingerprint density at radius 3 is 2.44 bits per heavy atom. The van der Waals surface area contributed by atoms with E-state index in [1.54, 1.807) is 0 Å². The van der Waals surface area contributed by atoms with Crippen molar-refractivity contribution in [2.24, 2.45) is 5.41 Å². The van der Waals surface area contributed by atoms with Crippen molar-refractivity contribution < 1.29 is 8.78 Å². The molecular formula is C12H18F2N2. The number of nitrogens with two attached hydrogens (primary N) is 1. The van der Waals surface area contributed by atoms with Crippen LogP contribution in [0.5, 0.6) is 0 Å². The van der Waals surface area contributed by atoms with Gasteiger partial charge in [-0.25, -0.2) is 8.78 Å². The first-order valence-electron chi connectivity index (χ1n) is 5.28. The smallest absolute Gasteiger partial charge is 0.151 e. The van der Waals surface area contributed by atoms with Gasteiger partial charge in [0.15, 0.2) is 5.82 Å². The van der Waals surface area contributed by atoms with Gasteiger partial charge in [0.2, 0.25) is 0 Å². The summed E-state index contributed by atoms with van der Waals surface area (Å²) >= 11 is 0. The maximum Gasteiger partial charge on any atom is 0.151 e. The molecule has 0 heterocycles. The second-order valence-electron chi connectivity index (χ2n) is 5.09. The highest BCUT2D eigenvalue weighted by atomic mass is 19.1. The number of rotatable bonds is 3. The average Bonchev–Trinajstić information content (AvgIpc) is 2.11. The fourth-order valence-corrected chi connectivity index (χ4v) is 1.30. The molecule has 0 aliphatic rings. The fourth-order valence-electron chi connectivity index (χ4n) is 1.30. The summed E-state index contributed by atoms with van der Waals surface area (Å²) in [7, 11) is 0. The van der Waals surface area contributed by atoms with Crippen LogP contribution < -0.4 is 11.1 Å². The van der Waals surface area contributed by atoms with Crippen LogP contribution in [0.25, 0.3) is 0 Å². The second kappa shape index (κ2) is 4.68. The molecule has 2 nitrogen and oxygen atoms in total. The maximum atomic E-state index is 13.1. The van der Waals surface area contributed by atoms with E-state index in [4.69, 9.17) is 5.73 Å². The summed E-state index contributed by atoms with van der Waals surface area (Å²) in [5.41, 5.74) is 5.96. The minimum Gasteiger partial charge on any atom is -0.395 e. The van der Waals surface area contributed by atoms with E-state index >= 15 is 0 Å². The van der Waals surface area contributed by atoms with E-state index in [1.165, 1.54) is 6.07 Å². The Morgan fingerprint density at radius 2 is 1.88 bits per heavy atom. The topological polar surface area (TPSA) is 38.0 Å². The van der Waals surface area contributed by atoms with Crippen LogP contribution >= 0.6 is 0 Å². The SMILES string of the molecule is CC(C)(C)CCNc1cc(F)cc(F)c1N. The van der Waals surface area contributed by atoms with Crippen LogP contribution in [0.1, 0.15) is 27.2 Å². The van der Waals surface area contributed by atoms with E-state index in [9.17, 15) is 8.78 Å². The monoisotopic (exact) mass is 228 g/mol. The molecule has 0 unspecified atom stereocenters. The van der Waals surface area contributed by atoms with Gasteiger partial charge >= 0.3 is 0 Å². The first kappa shape index (κ1) is 12.7. The molecular weight excluding hydrogens is 210 g/mol. The minimum absolute atomic E-state index is 0.0321. The highest BCUT2D eigenvalue weighted by Gasteiger charge is 2.11. The molecule has 0 bridgehead atoms. The van der Waals surface area contributed by atoms with Crippen molar-refractivity contribution in [3.05, 3.63) is 23.8 Å². The van der Waals surface area contributed by atoms with Crippen LogP contribution in [0.4, 0.5) is 20.2 Å². The van der Waals surface area contributed by atoms with Gasteiger partial charge in [-0.2, -0.15) is 0 Å². The lowest BCUT2D eigenvalue weighted by Gasteiger charge is -2.19. The van der Waals surface area contributed by atoms with Crippen LogP contribution in [-0.2, 0) is 0 Å². The quantitative estimate of drug-likeness (QED) is 0.778. The lowest BCUT2D eigenvalue weighted by atomic mass is 9.92. The van der Waals surface area contributed by atoms with Crippen LogP contribution in [0.3, 0.4) is 0 Å². The zero-order chi connectivity index (χ0) is 12.3. The van der Waals surface area contributed by atoms with Crippen molar-refractivity contribution in [1.29, 1.82) is 0 Å². The molecule has 0 aromatic heterocycles. The summed E-state index contributed by atoms with van der Waals surface area (Å²) in [6.45, 7) is 6.94. The van der Waals surface area contributed by atoms with E-state index < -0.39 is 11.6 Å². The number of nitrogens with one attached hydrogen (secondary N) is 1. The Hall–Kier alpha value is -1.32. The molecule has 0 amide bonds. The highest BCUT2D eigenvalue weighted by Crippen LogP contribution is 2.24. The molecule has 0 radical (unpaired) electrons. The minimum atomic E-state index is -0.724. The van der Waals surface area contributed by atoms with Gasteiger partial charge < -0.3 is 11.1 Å². The number of hydrogen-bond donors (Lipinski definition) is 2. The lowest BCUT2D eigenvalue weighted by molar-refractivity contribution is 0.390. The molecule has 0 aliphatic carbocycles. The number of hydrogen-bond acceptors (Lipinski definition) is 2. The van der Waals surface area contributed by atoms with Crippen molar-refractivity contribution in [3.8, 4) is 0 Å². The summed E-state index contributed by atoms with van der Waals surface area (Å²) < 4.78 is 26.0. The van der Waals surface area contributed by atoms with Gasteiger partial charge in [0.1, 0.15) is 5.82 Å². The standard InChI is InChI=1S/C12H18F2N2/c1-12(2,3)4-5-16-10-7-8(13)6-9(14)11(10)15/h6-7,16H,4-5,15H2,1-3H3. The molecule has 1 rings (SSSR count). The van der Waals surface area contributed by atoms with Gasteiger partial charge in [0.25, 0.3) is 0 Å². The van der Waals surface area contributed by atoms with Gasteiger partial charge in [-0.15, -0.1) is 0 Å². The van der Waals surface area contributed by atoms with E-state index in [1.807, 2.05) is 0 Å². The molecule has 16 heavy (non-hydrogen) atoms. The maximum absolute atomic E-state index is 13.1. The number of benzene rings is 1.